The number of benzene rings is 2. The molecular formula is C24H26N4O4. The first-order chi connectivity index (χ1) is 15.4. The summed E-state index contributed by atoms with van der Waals surface area (Å²) in [4.78, 5) is 14.7. The number of hydrogen-bond acceptors (Lipinski definition) is 6. The molecule has 32 heavy (non-hydrogen) atoms. The van der Waals surface area contributed by atoms with Crippen LogP contribution in [-0.2, 0) is 0 Å². The van der Waals surface area contributed by atoms with E-state index >= 15 is 0 Å². The molecule has 1 unspecified atom stereocenters. The van der Waals surface area contributed by atoms with Gasteiger partial charge in [0, 0.05) is 29.9 Å². The standard InChI is InChI=1S/C24H26N4O4/c1-15-21(31-19-8-10-28(2)11-9-19)7-6-17-13-20(23(29)32-22(15)17)27-24(30)26-18-5-3-4-16(12-18)14-25/h3-7,12-13,19,23,29H,8-11H2,1-2H3,(H2,26,27,30). The zero-order valence-electron chi connectivity index (χ0n) is 18.1. The molecule has 8 heteroatoms. The molecule has 2 aliphatic rings. The van der Waals surface area contributed by atoms with Gasteiger partial charge in [0.1, 0.15) is 17.6 Å². The number of aliphatic hydroxyl groups excluding tert-OH is 1. The van der Waals surface area contributed by atoms with Gasteiger partial charge < -0.3 is 30.1 Å². The van der Waals surface area contributed by atoms with E-state index in [1.807, 2.05) is 25.1 Å². The van der Waals surface area contributed by atoms with Crippen LogP contribution >= 0.6 is 0 Å². The van der Waals surface area contributed by atoms with Crippen LogP contribution < -0.4 is 20.1 Å². The van der Waals surface area contributed by atoms with Gasteiger partial charge in [-0.05, 0) is 63.2 Å². The van der Waals surface area contributed by atoms with Crippen LogP contribution in [0.25, 0.3) is 6.08 Å². The molecule has 2 aliphatic heterocycles. The number of anilines is 1. The van der Waals surface area contributed by atoms with Crippen LogP contribution in [0, 0.1) is 18.3 Å². The first kappa shape index (κ1) is 21.7. The van der Waals surface area contributed by atoms with E-state index in [-0.39, 0.29) is 11.8 Å². The smallest absolute Gasteiger partial charge is 0.323 e. The van der Waals surface area contributed by atoms with Crippen molar-refractivity contribution < 1.29 is 19.4 Å². The van der Waals surface area contributed by atoms with Gasteiger partial charge in [-0.3, -0.25) is 0 Å². The molecule has 0 spiro atoms. The SMILES string of the molecule is Cc1c(OC2CCN(C)CC2)ccc2c1OC(O)C(NC(=O)Nc1cccc(C#N)c1)=C2. The number of nitriles is 1. The van der Waals surface area contributed by atoms with Crippen molar-refractivity contribution in [1.82, 2.24) is 10.2 Å². The minimum Gasteiger partial charge on any atom is -0.490 e. The number of urea groups is 1. The zero-order valence-corrected chi connectivity index (χ0v) is 18.1. The van der Waals surface area contributed by atoms with Gasteiger partial charge in [-0.2, -0.15) is 5.26 Å². The summed E-state index contributed by atoms with van der Waals surface area (Å²) in [6.45, 7) is 3.91. The van der Waals surface area contributed by atoms with E-state index < -0.39 is 12.3 Å². The number of aliphatic hydroxyl groups is 1. The van der Waals surface area contributed by atoms with E-state index in [0.717, 1.165) is 42.8 Å². The Labute approximate surface area is 187 Å². The summed E-state index contributed by atoms with van der Waals surface area (Å²) in [6, 6.07) is 11.8. The van der Waals surface area contributed by atoms with E-state index in [2.05, 4.69) is 22.6 Å². The molecule has 2 heterocycles. The Hall–Kier alpha value is -3.54. The summed E-state index contributed by atoms with van der Waals surface area (Å²) in [7, 11) is 2.11. The third-order valence-corrected chi connectivity index (χ3v) is 5.66. The molecule has 3 N–H and O–H groups in total. The summed E-state index contributed by atoms with van der Waals surface area (Å²) in [6.07, 6.45) is 2.46. The number of hydrogen-bond donors (Lipinski definition) is 3. The lowest BCUT2D eigenvalue weighted by Crippen LogP contribution is -2.37. The molecule has 0 aromatic heterocycles. The van der Waals surface area contributed by atoms with Crippen molar-refractivity contribution in [1.29, 1.82) is 5.26 Å². The summed E-state index contributed by atoms with van der Waals surface area (Å²) in [5.41, 5.74) is 2.68. The number of likely N-dealkylation sites (tertiary alicyclic amines) is 1. The topological polar surface area (TPSA) is 107 Å². The van der Waals surface area contributed by atoms with Crippen molar-refractivity contribution in [2.75, 3.05) is 25.5 Å². The molecule has 4 rings (SSSR count). The van der Waals surface area contributed by atoms with Gasteiger partial charge in [0.15, 0.2) is 0 Å². The molecule has 166 valence electrons. The van der Waals surface area contributed by atoms with E-state index in [4.69, 9.17) is 14.7 Å². The summed E-state index contributed by atoms with van der Waals surface area (Å²) < 4.78 is 11.9. The molecule has 0 radical (unpaired) electrons. The van der Waals surface area contributed by atoms with Crippen molar-refractivity contribution in [2.24, 2.45) is 0 Å². The minimum absolute atomic E-state index is 0.160. The van der Waals surface area contributed by atoms with Crippen molar-refractivity contribution in [3.05, 3.63) is 58.8 Å². The predicted octanol–water partition coefficient (Wildman–Crippen LogP) is 3.21. The van der Waals surface area contributed by atoms with E-state index in [9.17, 15) is 9.90 Å². The van der Waals surface area contributed by atoms with Crippen LogP contribution in [-0.4, -0.2) is 48.6 Å². The highest BCUT2D eigenvalue weighted by Crippen LogP contribution is 2.37. The van der Waals surface area contributed by atoms with Crippen LogP contribution in [0.2, 0.25) is 0 Å². The summed E-state index contributed by atoms with van der Waals surface area (Å²) in [5.74, 6) is 1.28. The molecule has 1 atom stereocenters. The number of rotatable bonds is 4. The predicted molar refractivity (Wildman–Crippen MR) is 120 cm³/mol. The fourth-order valence-corrected chi connectivity index (χ4v) is 3.85. The fourth-order valence-electron chi connectivity index (χ4n) is 3.85. The van der Waals surface area contributed by atoms with Crippen molar-refractivity contribution >= 4 is 17.8 Å². The molecule has 2 aromatic rings. The van der Waals surface area contributed by atoms with Crippen molar-refractivity contribution in [2.45, 2.75) is 32.2 Å². The second-order valence-electron chi connectivity index (χ2n) is 8.07. The van der Waals surface area contributed by atoms with Crippen LogP contribution in [0.1, 0.15) is 29.5 Å². The van der Waals surface area contributed by atoms with E-state index in [1.54, 1.807) is 30.3 Å². The molecule has 0 saturated carbocycles. The number of amides is 2. The molecule has 1 fully saturated rings. The van der Waals surface area contributed by atoms with E-state index in [1.165, 1.54) is 0 Å². The second kappa shape index (κ2) is 9.30. The Morgan fingerprint density at radius 3 is 2.78 bits per heavy atom. The first-order valence-corrected chi connectivity index (χ1v) is 10.6. The maximum Gasteiger partial charge on any atom is 0.323 e. The van der Waals surface area contributed by atoms with Crippen molar-refractivity contribution in [3.63, 3.8) is 0 Å². The average molecular weight is 434 g/mol. The third kappa shape index (κ3) is 4.85. The number of carbonyl (C=O) groups excluding carboxylic acids is 1. The normalized spacial score (nSPS) is 18.6. The zero-order chi connectivity index (χ0) is 22.7. The lowest BCUT2D eigenvalue weighted by Gasteiger charge is -2.31. The number of piperidine rings is 1. The molecule has 2 aromatic carbocycles. The quantitative estimate of drug-likeness (QED) is 0.682. The summed E-state index contributed by atoms with van der Waals surface area (Å²) in [5, 5.41) is 24.7. The van der Waals surface area contributed by atoms with Gasteiger partial charge in [-0.25, -0.2) is 4.79 Å². The van der Waals surface area contributed by atoms with Gasteiger partial charge in [0.25, 0.3) is 0 Å². The Morgan fingerprint density at radius 1 is 1.25 bits per heavy atom. The largest absolute Gasteiger partial charge is 0.490 e. The van der Waals surface area contributed by atoms with Crippen LogP contribution in [0.5, 0.6) is 11.5 Å². The van der Waals surface area contributed by atoms with Gasteiger partial charge in [0.2, 0.25) is 6.29 Å². The maximum atomic E-state index is 12.4. The number of carbonyl (C=O) groups is 1. The highest BCUT2D eigenvalue weighted by Gasteiger charge is 2.26. The van der Waals surface area contributed by atoms with Crippen LogP contribution in [0.4, 0.5) is 10.5 Å². The third-order valence-electron chi connectivity index (χ3n) is 5.66. The molecular weight excluding hydrogens is 408 g/mol. The van der Waals surface area contributed by atoms with Gasteiger partial charge in [0.05, 0.1) is 17.3 Å². The number of fused-ring (bicyclic) bond motifs is 1. The lowest BCUT2D eigenvalue weighted by atomic mass is 10.0. The molecule has 1 saturated heterocycles. The maximum absolute atomic E-state index is 12.4. The molecule has 2 amide bonds. The summed E-state index contributed by atoms with van der Waals surface area (Å²) >= 11 is 0. The van der Waals surface area contributed by atoms with E-state index in [0.29, 0.717) is 17.0 Å². The van der Waals surface area contributed by atoms with Gasteiger partial charge in [-0.15, -0.1) is 0 Å². The molecule has 0 aliphatic carbocycles. The lowest BCUT2D eigenvalue weighted by molar-refractivity contribution is 0.00796. The van der Waals surface area contributed by atoms with Crippen molar-refractivity contribution in [3.8, 4) is 17.6 Å². The highest BCUT2D eigenvalue weighted by molar-refractivity contribution is 5.91. The van der Waals surface area contributed by atoms with Crippen LogP contribution in [0.3, 0.4) is 0 Å². The second-order valence-corrected chi connectivity index (χ2v) is 8.07. The van der Waals surface area contributed by atoms with Gasteiger partial charge >= 0.3 is 6.03 Å². The number of nitrogens with zero attached hydrogens (tertiary/aromatic N) is 2. The Kier molecular flexibility index (Phi) is 6.30. The Bertz CT molecular complexity index is 1080. The van der Waals surface area contributed by atoms with Crippen LogP contribution in [0.15, 0.2) is 42.1 Å². The minimum atomic E-state index is -1.32. The highest BCUT2D eigenvalue weighted by atomic mass is 16.6. The fraction of sp³-hybridized carbons (Fsp3) is 0.333. The number of ether oxygens (including phenoxy) is 2. The molecule has 8 nitrogen and oxygen atoms in total. The average Bonchev–Trinajstić information content (AvgIpc) is 2.78. The Morgan fingerprint density at radius 2 is 2.03 bits per heavy atom. The Balaban J connectivity index is 1.46. The number of nitrogens with one attached hydrogen (secondary N) is 2. The molecule has 0 bridgehead atoms. The monoisotopic (exact) mass is 434 g/mol. The first-order valence-electron chi connectivity index (χ1n) is 10.6. The van der Waals surface area contributed by atoms with Gasteiger partial charge in [-0.1, -0.05) is 6.07 Å².